The molecule has 1 N–H and O–H groups in total. The molecule has 0 saturated carbocycles. The number of hydrogen-bond acceptors (Lipinski definition) is 2. The molecular formula is C22H27NOS. The van der Waals surface area contributed by atoms with Gasteiger partial charge in [-0.2, -0.15) is 0 Å². The molecule has 0 radical (unpaired) electrons. The van der Waals surface area contributed by atoms with Gasteiger partial charge in [-0.05, 0) is 40.0 Å². The fourth-order valence-electron chi connectivity index (χ4n) is 2.43. The van der Waals surface area contributed by atoms with Crippen LogP contribution in [0.3, 0.4) is 0 Å². The monoisotopic (exact) mass is 353 g/mol. The highest BCUT2D eigenvalue weighted by Crippen LogP contribution is 2.27. The summed E-state index contributed by atoms with van der Waals surface area (Å²) in [4.78, 5) is 11.8. The summed E-state index contributed by atoms with van der Waals surface area (Å²) in [6.45, 7) is 9.16. The molecule has 25 heavy (non-hydrogen) atoms. The molecule has 3 heteroatoms. The largest absolute Gasteiger partial charge is 0.352 e. The Kier molecular flexibility index (Phi) is 6.89. The van der Waals surface area contributed by atoms with Gasteiger partial charge in [-0.1, -0.05) is 69.3 Å². The lowest BCUT2D eigenvalue weighted by atomic mass is 9.97. The van der Waals surface area contributed by atoms with Gasteiger partial charge < -0.3 is 5.32 Å². The third-order valence-corrected chi connectivity index (χ3v) is 4.68. The standard InChI is InChI=1S/C22H27NOS/c1-17-19(11-8-12-20(17)18-9-6-5-7-10-18)15-25-14-13-21(24)23-16-22(2,3)4/h5-14H,15-16H2,1-4H3,(H,23,24)/b14-13-. The number of amides is 1. The van der Waals surface area contributed by atoms with E-state index in [-0.39, 0.29) is 11.3 Å². The van der Waals surface area contributed by atoms with Gasteiger partial charge in [-0.15, -0.1) is 11.8 Å². The quantitative estimate of drug-likeness (QED) is 0.688. The third-order valence-electron chi connectivity index (χ3n) is 3.88. The maximum Gasteiger partial charge on any atom is 0.244 e. The average molecular weight is 354 g/mol. The van der Waals surface area contributed by atoms with E-state index in [4.69, 9.17) is 0 Å². The summed E-state index contributed by atoms with van der Waals surface area (Å²) in [5.41, 5.74) is 5.21. The topological polar surface area (TPSA) is 29.1 Å². The Morgan fingerprint density at radius 3 is 2.48 bits per heavy atom. The molecule has 132 valence electrons. The summed E-state index contributed by atoms with van der Waals surface area (Å²) in [6, 6.07) is 16.9. The van der Waals surface area contributed by atoms with Gasteiger partial charge in [-0.3, -0.25) is 4.79 Å². The normalized spacial score (nSPS) is 11.7. The van der Waals surface area contributed by atoms with Gasteiger partial charge in [0.15, 0.2) is 0 Å². The highest BCUT2D eigenvalue weighted by molar-refractivity contribution is 8.01. The van der Waals surface area contributed by atoms with Crippen LogP contribution in [0.5, 0.6) is 0 Å². The van der Waals surface area contributed by atoms with E-state index in [1.54, 1.807) is 17.8 Å². The fraction of sp³-hybridized carbons (Fsp3) is 0.318. The van der Waals surface area contributed by atoms with Gasteiger partial charge in [0.05, 0.1) is 0 Å². The van der Waals surface area contributed by atoms with E-state index in [0.717, 1.165) is 5.75 Å². The molecule has 1 amide bonds. The van der Waals surface area contributed by atoms with Crippen LogP contribution in [-0.2, 0) is 10.5 Å². The lowest BCUT2D eigenvalue weighted by Gasteiger charge is -2.17. The molecule has 0 fully saturated rings. The first-order chi connectivity index (χ1) is 11.9. The molecule has 0 bridgehead atoms. The van der Waals surface area contributed by atoms with Crippen LogP contribution in [0.4, 0.5) is 0 Å². The second kappa shape index (κ2) is 8.91. The Morgan fingerprint density at radius 1 is 1.08 bits per heavy atom. The first-order valence-corrected chi connectivity index (χ1v) is 9.61. The molecule has 2 aromatic rings. The maximum absolute atomic E-state index is 11.8. The van der Waals surface area contributed by atoms with Crippen molar-refractivity contribution in [2.45, 2.75) is 33.4 Å². The van der Waals surface area contributed by atoms with Crippen LogP contribution >= 0.6 is 11.8 Å². The molecule has 0 atom stereocenters. The van der Waals surface area contributed by atoms with Crippen LogP contribution in [-0.4, -0.2) is 12.5 Å². The minimum Gasteiger partial charge on any atom is -0.352 e. The molecule has 0 aliphatic heterocycles. The van der Waals surface area contributed by atoms with Crippen molar-refractivity contribution in [2.24, 2.45) is 5.41 Å². The zero-order valence-electron chi connectivity index (χ0n) is 15.5. The van der Waals surface area contributed by atoms with Crippen LogP contribution < -0.4 is 5.32 Å². The van der Waals surface area contributed by atoms with Crippen molar-refractivity contribution in [2.75, 3.05) is 6.54 Å². The molecule has 2 nitrogen and oxygen atoms in total. The van der Waals surface area contributed by atoms with Crippen LogP contribution in [0.2, 0.25) is 0 Å². The summed E-state index contributed by atoms with van der Waals surface area (Å²) < 4.78 is 0. The predicted octanol–water partition coefficient (Wildman–Crippen LogP) is 5.57. The number of carbonyl (C=O) groups is 1. The van der Waals surface area contributed by atoms with Crippen LogP contribution in [0.15, 0.2) is 60.0 Å². The molecule has 0 aliphatic carbocycles. The lowest BCUT2D eigenvalue weighted by Crippen LogP contribution is -2.30. The van der Waals surface area contributed by atoms with Gasteiger partial charge in [0.2, 0.25) is 5.91 Å². The Morgan fingerprint density at radius 2 is 1.80 bits per heavy atom. The van der Waals surface area contributed by atoms with E-state index in [2.05, 4.69) is 75.5 Å². The van der Waals surface area contributed by atoms with Crippen molar-refractivity contribution in [1.82, 2.24) is 5.32 Å². The summed E-state index contributed by atoms with van der Waals surface area (Å²) in [5.74, 6) is 0.826. The maximum atomic E-state index is 11.8. The van der Waals surface area contributed by atoms with Crippen LogP contribution in [0, 0.1) is 12.3 Å². The molecule has 2 rings (SSSR count). The molecule has 0 spiro atoms. The fourth-order valence-corrected chi connectivity index (χ4v) is 3.24. The van der Waals surface area contributed by atoms with Crippen molar-refractivity contribution in [3.63, 3.8) is 0 Å². The van der Waals surface area contributed by atoms with Crippen LogP contribution in [0.1, 0.15) is 31.9 Å². The average Bonchev–Trinajstić information content (AvgIpc) is 2.58. The Labute approximate surface area is 155 Å². The van der Waals surface area contributed by atoms with E-state index in [1.165, 1.54) is 22.3 Å². The highest BCUT2D eigenvalue weighted by Gasteiger charge is 2.10. The predicted molar refractivity (Wildman–Crippen MR) is 110 cm³/mol. The first kappa shape index (κ1) is 19.3. The van der Waals surface area contributed by atoms with Crippen molar-refractivity contribution >= 4 is 17.7 Å². The molecule has 0 unspecified atom stereocenters. The number of nitrogens with one attached hydrogen (secondary N) is 1. The Hall–Kier alpha value is -2.00. The number of benzene rings is 2. The van der Waals surface area contributed by atoms with E-state index in [1.807, 2.05) is 11.5 Å². The van der Waals surface area contributed by atoms with E-state index in [9.17, 15) is 4.79 Å². The van der Waals surface area contributed by atoms with Gasteiger partial charge in [-0.25, -0.2) is 0 Å². The van der Waals surface area contributed by atoms with Gasteiger partial charge in [0.1, 0.15) is 0 Å². The van der Waals surface area contributed by atoms with Gasteiger partial charge in [0.25, 0.3) is 0 Å². The minimum absolute atomic E-state index is 0.0304. The van der Waals surface area contributed by atoms with Gasteiger partial charge >= 0.3 is 0 Å². The SMILES string of the molecule is Cc1c(CS/C=C\C(=O)NCC(C)(C)C)cccc1-c1ccccc1. The summed E-state index contributed by atoms with van der Waals surface area (Å²) >= 11 is 1.64. The minimum atomic E-state index is -0.0304. The number of rotatable bonds is 6. The molecule has 0 aromatic heterocycles. The van der Waals surface area contributed by atoms with Crippen molar-refractivity contribution in [3.8, 4) is 11.1 Å². The van der Waals surface area contributed by atoms with Crippen LogP contribution in [0.25, 0.3) is 11.1 Å². The molecule has 2 aromatic carbocycles. The van der Waals surface area contributed by atoms with Crippen molar-refractivity contribution in [1.29, 1.82) is 0 Å². The van der Waals surface area contributed by atoms with E-state index in [0.29, 0.717) is 6.54 Å². The second-order valence-electron chi connectivity index (χ2n) is 7.35. The smallest absolute Gasteiger partial charge is 0.244 e. The zero-order valence-corrected chi connectivity index (χ0v) is 16.3. The summed E-state index contributed by atoms with van der Waals surface area (Å²) in [6.07, 6.45) is 1.62. The van der Waals surface area contributed by atoms with Crippen molar-refractivity contribution < 1.29 is 4.79 Å². The first-order valence-electron chi connectivity index (χ1n) is 8.57. The Balaban J connectivity index is 1.93. The molecular weight excluding hydrogens is 326 g/mol. The van der Waals surface area contributed by atoms with E-state index < -0.39 is 0 Å². The van der Waals surface area contributed by atoms with Gasteiger partial charge in [0, 0.05) is 18.4 Å². The molecule has 0 aliphatic rings. The summed E-state index contributed by atoms with van der Waals surface area (Å²) in [5, 5.41) is 4.81. The van der Waals surface area contributed by atoms with E-state index >= 15 is 0 Å². The zero-order chi connectivity index (χ0) is 18.3. The number of hydrogen-bond donors (Lipinski definition) is 1. The molecule has 0 saturated heterocycles. The highest BCUT2D eigenvalue weighted by atomic mass is 32.2. The number of thioether (sulfide) groups is 1. The lowest BCUT2D eigenvalue weighted by molar-refractivity contribution is -0.116. The van der Waals surface area contributed by atoms with Crippen molar-refractivity contribution in [3.05, 3.63) is 71.1 Å². The summed E-state index contributed by atoms with van der Waals surface area (Å²) in [7, 11) is 0. The molecule has 0 heterocycles. The third kappa shape index (κ3) is 6.43. The second-order valence-corrected chi connectivity index (χ2v) is 8.24. The Bertz CT molecular complexity index is 729. The number of carbonyl (C=O) groups excluding carboxylic acids is 1.